The van der Waals surface area contributed by atoms with Gasteiger partial charge in [0.15, 0.2) is 11.0 Å². The summed E-state index contributed by atoms with van der Waals surface area (Å²) in [5.74, 6) is -0.00285. The minimum atomic E-state index is -0.468. The van der Waals surface area contributed by atoms with Gasteiger partial charge in [0.1, 0.15) is 11.5 Å². The molecule has 0 aliphatic rings. The molecule has 32 heavy (non-hydrogen) atoms. The van der Waals surface area contributed by atoms with Crippen LogP contribution in [0.1, 0.15) is 12.5 Å². The van der Waals surface area contributed by atoms with Crippen LogP contribution in [-0.2, 0) is 18.4 Å². The number of anilines is 1. The molecule has 1 N–H and O–H groups in total. The zero-order valence-electron chi connectivity index (χ0n) is 18.0. The predicted octanol–water partition coefficient (Wildman–Crippen LogP) is 4.54. The van der Waals surface area contributed by atoms with Gasteiger partial charge in [-0.1, -0.05) is 53.7 Å². The standard InChI is InChI=1S/C23H23FN6OS/c1-4-30-22(17-13-29(3)28-21(17)16-11-9-15(2)10-12-16)26-27-23(30)32-14-20(31)25-19-8-6-5-7-18(19)24/h5-13H,4,14H2,1-3H3,(H,25,31). The van der Waals surface area contributed by atoms with Crippen molar-refractivity contribution in [3.8, 4) is 22.6 Å². The quantitative estimate of drug-likeness (QED) is 0.418. The number of amides is 1. The molecule has 0 atom stereocenters. The second kappa shape index (κ2) is 9.35. The molecule has 0 saturated carbocycles. The second-order valence-electron chi connectivity index (χ2n) is 7.30. The van der Waals surface area contributed by atoms with E-state index in [9.17, 15) is 9.18 Å². The average Bonchev–Trinajstić information content (AvgIpc) is 3.37. The fourth-order valence-corrected chi connectivity index (χ4v) is 4.14. The van der Waals surface area contributed by atoms with Gasteiger partial charge in [0.25, 0.3) is 0 Å². The number of carbonyl (C=O) groups is 1. The van der Waals surface area contributed by atoms with E-state index < -0.39 is 5.82 Å². The highest BCUT2D eigenvalue weighted by molar-refractivity contribution is 7.99. The Balaban J connectivity index is 1.56. The largest absolute Gasteiger partial charge is 0.323 e. The van der Waals surface area contributed by atoms with E-state index in [1.54, 1.807) is 16.8 Å². The maximum Gasteiger partial charge on any atom is 0.234 e. The Morgan fingerprint density at radius 2 is 1.88 bits per heavy atom. The molecule has 0 spiro atoms. The summed E-state index contributed by atoms with van der Waals surface area (Å²) in [5, 5.41) is 16.5. The summed E-state index contributed by atoms with van der Waals surface area (Å²) in [6.07, 6.45) is 1.92. The first-order valence-electron chi connectivity index (χ1n) is 10.2. The minimum Gasteiger partial charge on any atom is -0.323 e. The summed E-state index contributed by atoms with van der Waals surface area (Å²) in [4.78, 5) is 12.3. The van der Waals surface area contributed by atoms with E-state index in [2.05, 4.69) is 20.6 Å². The Morgan fingerprint density at radius 1 is 1.12 bits per heavy atom. The van der Waals surface area contributed by atoms with Gasteiger partial charge in [0.05, 0.1) is 17.0 Å². The molecule has 164 valence electrons. The first-order valence-corrected chi connectivity index (χ1v) is 11.2. The van der Waals surface area contributed by atoms with Crippen molar-refractivity contribution in [3.05, 3.63) is 66.1 Å². The number of para-hydroxylation sites is 1. The van der Waals surface area contributed by atoms with Crippen molar-refractivity contribution in [2.45, 2.75) is 25.5 Å². The molecule has 2 aromatic carbocycles. The van der Waals surface area contributed by atoms with Gasteiger partial charge in [0.2, 0.25) is 5.91 Å². The molecule has 4 aromatic rings. The molecule has 0 fully saturated rings. The van der Waals surface area contributed by atoms with Crippen molar-refractivity contribution < 1.29 is 9.18 Å². The van der Waals surface area contributed by atoms with Gasteiger partial charge in [-0.3, -0.25) is 9.48 Å². The molecule has 0 bridgehead atoms. The Morgan fingerprint density at radius 3 is 2.59 bits per heavy atom. The number of nitrogens with one attached hydrogen (secondary N) is 1. The Kier molecular flexibility index (Phi) is 6.36. The maximum atomic E-state index is 13.8. The highest BCUT2D eigenvalue weighted by Gasteiger charge is 2.20. The molecular formula is C23H23FN6OS. The lowest BCUT2D eigenvalue weighted by Crippen LogP contribution is -2.15. The number of hydrogen-bond donors (Lipinski definition) is 1. The Hall–Kier alpha value is -3.46. The summed E-state index contributed by atoms with van der Waals surface area (Å²) >= 11 is 1.26. The van der Waals surface area contributed by atoms with Gasteiger partial charge >= 0.3 is 0 Å². The van der Waals surface area contributed by atoms with Crippen LogP contribution in [0, 0.1) is 12.7 Å². The van der Waals surface area contributed by atoms with Gasteiger partial charge in [-0.15, -0.1) is 10.2 Å². The van der Waals surface area contributed by atoms with Crippen LogP contribution in [0.5, 0.6) is 0 Å². The summed E-state index contributed by atoms with van der Waals surface area (Å²) in [6.45, 7) is 4.67. The third-order valence-electron chi connectivity index (χ3n) is 4.91. The Labute approximate surface area is 189 Å². The number of hydrogen-bond acceptors (Lipinski definition) is 5. The number of carbonyl (C=O) groups excluding carboxylic acids is 1. The fourth-order valence-electron chi connectivity index (χ4n) is 3.34. The molecule has 0 aliphatic carbocycles. The SMILES string of the molecule is CCn1c(SCC(=O)Nc2ccccc2F)nnc1-c1cn(C)nc1-c1ccc(C)cc1. The van der Waals surface area contributed by atoms with Crippen LogP contribution in [0.25, 0.3) is 22.6 Å². The van der Waals surface area contributed by atoms with Gasteiger partial charge in [0, 0.05) is 25.4 Å². The third kappa shape index (κ3) is 4.57. The minimum absolute atomic E-state index is 0.0876. The topological polar surface area (TPSA) is 77.6 Å². The summed E-state index contributed by atoms with van der Waals surface area (Å²) in [6, 6.07) is 14.3. The van der Waals surface area contributed by atoms with Crippen molar-refractivity contribution in [1.82, 2.24) is 24.5 Å². The molecule has 0 aliphatic heterocycles. The number of thioether (sulfide) groups is 1. The molecule has 0 saturated heterocycles. The number of aryl methyl sites for hydroxylation is 2. The van der Waals surface area contributed by atoms with Crippen LogP contribution in [0.2, 0.25) is 0 Å². The van der Waals surface area contributed by atoms with Crippen LogP contribution in [0.4, 0.5) is 10.1 Å². The zero-order chi connectivity index (χ0) is 22.7. The highest BCUT2D eigenvalue weighted by Crippen LogP contribution is 2.32. The number of benzene rings is 2. The zero-order valence-corrected chi connectivity index (χ0v) is 18.9. The van der Waals surface area contributed by atoms with Crippen LogP contribution in [-0.4, -0.2) is 36.2 Å². The lowest BCUT2D eigenvalue weighted by Gasteiger charge is -2.08. The highest BCUT2D eigenvalue weighted by atomic mass is 32.2. The average molecular weight is 451 g/mol. The molecular weight excluding hydrogens is 427 g/mol. The number of halogens is 1. The fraction of sp³-hybridized carbons (Fsp3) is 0.217. The molecule has 0 radical (unpaired) electrons. The van der Waals surface area contributed by atoms with Crippen LogP contribution in [0.3, 0.4) is 0 Å². The number of nitrogens with zero attached hydrogens (tertiary/aromatic N) is 5. The van der Waals surface area contributed by atoms with E-state index in [1.165, 1.54) is 29.5 Å². The number of rotatable bonds is 7. The molecule has 2 aromatic heterocycles. The van der Waals surface area contributed by atoms with Crippen molar-refractivity contribution in [2.24, 2.45) is 7.05 Å². The normalized spacial score (nSPS) is 11.0. The predicted molar refractivity (Wildman–Crippen MR) is 124 cm³/mol. The first kappa shape index (κ1) is 21.8. The van der Waals surface area contributed by atoms with Crippen molar-refractivity contribution in [3.63, 3.8) is 0 Å². The van der Waals surface area contributed by atoms with E-state index >= 15 is 0 Å². The maximum absolute atomic E-state index is 13.8. The van der Waals surface area contributed by atoms with Gasteiger partial charge in [-0.2, -0.15) is 5.10 Å². The van der Waals surface area contributed by atoms with E-state index in [1.807, 2.05) is 55.9 Å². The first-order chi connectivity index (χ1) is 15.5. The van der Waals surface area contributed by atoms with Crippen LogP contribution < -0.4 is 5.32 Å². The van der Waals surface area contributed by atoms with Crippen LogP contribution >= 0.6 is 11.8 Å². The summed E-state index contributed by atoms with van der Waals surface area (Å²) in [7, 11) is 1.87. The molecule has 4 rings (SSSR count). The molecule has 9 heteroatoms. The van der Waals surface area contributed by atoms with Gasteiger partial charge < -0.3 is 9.88 Å². The molecule has 7 nitrogen and oxygen atoms in total. The summed E-state index contributed by atoms with van der Waals surface area (Å²) in [5.41, 5.74) is 4.02. The van der Waals surface area contributed by atoms with Crippen LogP contribution in [0.15, 0.2) is 59.9 Å². The second-order valence-corrected chi connectivity index (χ2v) is 8.24. The third-order valence-corrected chi connectivity index (χ3v) is 5.87. The number of aromatic nitrogens is 5. The lowest BCUT2D eigenvalue weighted by atomic mass is 10.1. The van der Waals surface area contributed by atoms with Crippen molar-refractivity contribution in [2.75, 3.05) is 11.1 Å². The van der Waals surface area contributed by atoms with E-state index in [0.717, 1.165) is 16.8 Å². The smallest absolute Gasteiger partial charge is 0.234 e. The molecule has 0 unspecified atom stereocenters. The van der Waals surface area contributed by atoms with Crippen molar-refractivity contribution in [1.29, 1.82) is 0 Å². The molecule has 2 heterocycles. The van der Waals surface area contributed by atoms with Gasteiger partial charge in [-0.05, 0) is 26.0 Å². The lowest BCUT2D eigenvalue weighted by molar-refractivity contribution is -0.113. The monoisotopic (exact) mass is 450 g/mol. The molecule has 1 amide bonds. The van der Waals surface area contributed by atoms with E-state index in [0.29, 0.717) is 17.5 Å². The van der Waals surface area contributed by atoms with E-state index in [-0.39, 0.29) is 17.3 Å². The Bertz CT molecular complexity index is 1250. The van der Waals surface area contributed by atoms with Crippen molar-refractivity contribution >= 4 is 23.4 Å². The van der Waals surface area contributed by atoms with Gasteiger partial charge in [-0.25, -0.2) is 4.39 Å². The van der Waals surface area contributed by atoms with E-state index in [4.69, 9.17) is 0 Å². The summed E-state index contributed by atoms with van der Waals surface area (Å²) < 4.78 is 17.5.